The van der Waals surface area contributed by atoms with Crippen molar-refractivity contribution in [1.29, 1.82) is 0 Å². The molecule has 2 aromatic rings. The average Bonchev–Trinajstić information content (AvgIpc) is 3.06. The summed E-state index contributed by atoms with van der Waals surface area (Å²) in [5.41, 5.74) is 0.830. The fourth-order valence-electron chi connectivity index (χ4n) is 3.44. The molecule has 0 saturated carbocycles. The Morgan fingerprint density at radius 2 is 1.78 bits per heavy atom. The van der Waals surface area contributed by atoms with Crippen LogP contribution >= 0.6 is 11.3 Å². The Morgan fingerprint density at radius 3 is 2.44 bits per heavy atom. The first kappa shape index (κ1) is 18.1. The lowest BCUT2D eigenvalue weighted by atomic mass is 10.2. The number of aryl methyl sites for hydroxylation is 2. The second-order valence-electron chi connectivity index (χ2n) is 6.74. The Bertz CT molecular complexity index is 812. The third-order valence-corrected chi connectivity index (χ3v) is 5.97. The predicted molar refractivity (Wildman–Crippen MR) is 105 cm³/mol. The smallest absolute Gasteiger partial charge is 0.265 e. The highest BCUT2D eigenvalue weighted by molar-refractivity contribution is 7.13. The highest BCUT2D eigenvalue weighted by Crippen LogP contribution is 2.22. The lowest BCUT2D eigenvalue weighted by Crippen LogP contribution is -2.49. The van der Waals surface area contributed by atoms with Gasteiger partial charge in [-0.3, -0.25) is 4.79 Å². The van der Waals surface area contributed by atoms with Gasteiger partial charge in [-0.1, -0.05) is 0 Å². The van der Waals surface area contributed by atoms with Crippen molar-refractivity contribution >= 4 is 29.0 Å². The van der Waals surface area contributed by atoms with Gasteiger partial charge in [0.25, 0.3) is 5.91 Å². The van der Waals surface area contributed by atoms with E-state index in [-0.39, 0.29) is 5.91 Å². The number of morpholine rings is 1. The minimum absolute atomic E-state index is 0.0921. The lowest BCUT2D eigenvalue weighted by Gasteiger charge is -2.35. The van der Waals surface area contributed by atoms with Crippen LogP contribution in [0.2, 0.25) is 0 Å². The van der Waals surface area contributed by atoms with Crippen molar-refractivity contribution < 1.29 is 9.53 Å². The monoisotopic (exact) mass is 388 g/mol. The zero-order valence-corrected chi connectivity index (χ0v) is 16.5. The van der Waals surface area contributed by atoms with Crippen LogP contribution in [0.3, 0.4) is 0 Å². The summed E-state index contributed by atoms with van der Waals surface area (Å²) in [6.07, 6.45) is 1.81. The van der Waals surface area contributed by atoms with Crippen LogP contribution in [0.1, 0.15) is 20.4 Å². The number of piperazine rings is 1. The molecule has 1 amide bonds. The summed E-state index contributed by atoms with van der Waals surface area (Å²) >= 11 is 1.48. The van der Waals surface area contributed by atoms with Crippen LogP contribution in [0, 0.1) is 13.8 Å². The van der Waals surface area contributed by atoms with Crippen LogP contribution in [-0.2, 0) is 4.74 Å². The Balaban J connectivity index is 1.40. The van der Waals surface area contributed by atoms with Gasteiger partial charge < -0.3 is 19.4 Å². The van der Waals surface area contributed by atoms with E-state index < -0.39 is 0 Å². The maximum atomic E-state index is 12.8. The summed E-state index contributed by atoms with van der Waals surface area (Å²) in [5.74, 6) is 1.77. The molecule has 9 heteroatoms. The van der Waals surface area contributed by atoms with Gasteiger partial charge in [0.1, 0.15) is 10.7 Å². The Kier molecular flexibility index (Phi) is 5.22. The standard InChI is InChI=1S/C18H24N6O2S/c1-13-16(27-14(2)20-13)17(25)23-7-5-22(6-8-23)15-3-4-19-18(21-15)24-9-11-26-12-10-24/h3-4H,5-12H2,1-2H3. The van der Waals surface area contributed by atoms with Gasteiger partial charge in [0.15, 0.2) is 0 Å². The van der Waals surface area contributed by atoms with E-state index in [1.807, 2.05) is 31.0 Å². The van der Waals surface area contributed by atoms with Gasteiger partial charge in [-0.25, -0.2) is 9.97 Å². The first-order valence-electron chi connectivity index (χ1n) is 9.26. The molecule has 0 atom stereocenters. The first-order chi connectivity index (χ1) is 13.1. The minimum atomic E-state index is 0.0921. The van der Waals surface area contributed by atoms with Gasteiger partial charge in [0, 0.05) is 45.5 Å². The van der Waals surface area contributed by atoms with Crippen molar-refractivity contribution in [3.05, 3.63) is 27.8 Å². The lowest BCUT2D eigenvalue weighted by molar-refractivity contribution is 0.0750. The number of carbonyl (C=O) groups excluding carboxylic acids is 1. The topological polar surface area (TPSA) is 74.7 Å². The van der Waals surface area contributed by atoms with Crippen LogP contribution in [0.4, 0.5) is 11.8 Å². The maximum absolute atomic E-state index is 12.8. The van der Waals surface area contributed by atoms with Crippen molar-refractivity contribution in [2.75, 3.05) is 62.3 Å². The van der Waals surface area contributed by atoms with Gasteiger partial charge >= 0.3 is 0 Å². The summed E-state index contributed by atoms with van der Waals surface area (Å²) < 4.78 is 5.40. The van der Waals surface area contributed by atoms with E-state index in [4.69, 9.17) is 9.72 Å². The van der Waals surface area contributed by atoms with Crippen molar-refractivity contribution in [2.24, 2.45) is 0 Å². The molecule has 27 heavy (non-hydrogen) atoms. The molecule has 2 saturated heterocycles. The number of anilines is 2. The molecular formula is C18H24N6O2S. The van der Waals surface area contributed by atoms with Crippen molar-refractivity contribution in [1.82, 2.24) is 19.9 Å². The van der Waals surface area contributed by atoms with Crippen molar-refractivity contribution in [3.63, 3.8) is 0 Å². The quantitative estimate of drug-likeness (QED) is 0.786. The summed E-state index contributed by atoms with van der Waals surface area (Å²) in [5, 5.41) is 0.936. The number of hydrogen-bond acceptors (Lipinski definition) is 8. The van der Waals surface area contributed by atoms with Crippen LogP contribution in [0.15, 0.2) is 12.3 Å². The number of thiazole rings is 1. The van der Waals surface area contributed by atoms with Gasteiger partial charge in [0.05, 0.1) is 23.9 Å². The van der Waals surface area contributed by atoms with Crippen LogP contribution in [-0.4, -0.2) is 78.2 Å². The van der Waals surface area contributed by atoms with E-state index in [2.05, 4.69) is 19.8 Å². The molecular weight excluding hydrogens is 364 g/mol. The van der Waals surface area contributed by atoms with Crippen molar-refractivity contribution in [3.8, 4) is 0 Å². The molecule has 2 aliphatic heterocycles. The number of rotatable bonds is 3. The number of nitrogens with zero attached hydrogens (tertiary/aromatic N) is 6. The maximum Gasteiger partial charge on any atom is 0.265 e. The third kappa shape index (κ3) is 3.89. The predicted octanol–water partition coefficient (Wildman–Crippen LogP) is 1.35. The summed E-state index contributed by atoms with van der Waals surface area (Å²) in [4.78, 5) is 33.4. The molecule has 0 aromatic carbocycles. The highest BCUT2D eigenvalue weighted by Gasteiger charge is 2.26. The molecule has 144 valence electrons. The molecule has 2 aliphatic rings. The van der Waals surface area contributed by atoms with Gasteiger partial charge in [-0.2, -0.15) is 4.98 Å². The molecule has 0 radical (unpaired) electrons. The second kappa shape index (κ2) is 7.77. The van der Waals surface area contributed by atoms with Crippen molar-refractivity contribution in [2.45, 2.75) is 13.8 Å². The van der Waals surface area contributed by atoms with Gasteiger partial charge in [0.2, 0.25) is 5.95 Å². The zero-order valence-electron chi connectivity index (χ0n) is 15.7. The fraction of sp³-hybridized carbons (Fsp3) is 0.556. The molecule has 2 aromatic heterocycles. The van der Waals surface area contributed by atoms with E-state index in [0.29, 0.717) is 26.3 Å². The van der Waals surface area contributed by atoms with E-state index in [1.54, 1.807) is 0 Å². The number of aromatic nitrogens is 3. The third-order valence-electron chi connectivity index (χ3n) is 4.91. The Labute approximate surface area is 162 Å². The number of ether oxygens (including phenoxy) is 1. The Hall–Kier alpha value is -2.26. The molecule has 2 fully saturated rings. The number of carbonyl (C=O) groups is 1. The van der Waals surface area contributed by atoms with Gasteiger partial charge in [-0.05, 0) is 19.9 Å². The SMILES string of the molecule is Cc1nc(C)c(C(=O)N2CCN(c3ccnc(N4CCOCC4)n3)CC2)s1. The molecule has 4 rings (SSSR count). The van der Waals surface area contributed by atoms with Crippen LogP contribution < -0.4 is 9.80 Å². The van der Waals surface area contributed by atoms with Crippen LogP contribution in [0.25, 0.3) is 0 Å². The minimum Gasteiger partial charge on any atom is -0.378 e. The van der Waals surface area contributed by atoms with E-state index in [1.165, 1.54) is 11.3 Å². The Morgan fingerprint density at radius 1 is 1.04 bits per heavy atom. The summed E-state index contributed by atoms with van der Waals surface area (Å²) in [7, 11) is 0. The number of amides is 1. The highest BCUT2D eigenvalue weighted by atomic mass is 32.1. The van der Waals surface area contributed by atoms with E-state index in [9.17, 15) is 4.79 Å². The molecule has 0 N–H and O–H groups in total. The van der Waals surface area contributed by atoms with Crippen LogP contribution in [0.5, 0.6) is 0 Å². The zero-order chi connectivity index (χ0) is 18.8. The molecule has 0 aliphatic carbocycles. The summed E-state index contributed by atoms with van der Waals surface area (Å²) in [6, 6.07) is 1.94. The molecule has 0 unspecified atom stereocenters. The molecule has 0 bridgehead atoms. The first-order valence-corrected chi connectivity index (χ1v) is 10.1. The van der Waals surface area contributed by atoms with E-state index in [0.717, 1.165) is 53.5 Å². The molecule has 8 nitrogen and oxygen atoms in total. The number of hydrogen-bond donors (Lipinski definition) is 0. The summed E-state index contributed by atoms with van der Waals surface area (Å²) in [6.45, 7) is 9.81. The normalized spacial score (nSPS) is 18.1. The fourth-order valence-corrected chi connectivity index (χ4v) is 4.33. The molecule has 0 spiro atoms. The van der Waals surface area contributed by atoms with E-state index >= 15 is 0 Å². The largest absolute Gasteiger partial charge is 0.378 e. The second-order valence-corrected chi connectivity index (χ2v) is 7.94. The molecule has 4 heterocycles. The van der Waals surface area contributed by atoms with Gasteiger partial charge in [-0.15, -0.1) is 11.3 Å². The average molecular weight is 388 g/mol.